The molecule has 1 heterocycles. The van der Waals surface area contributed by atoms with E-state index in [4.69, 9.17) is 4.74 Å². The number of rotatable bonds is 4. The van der Waals surface area contributed by atoms with Crippen LogP contribution in [0, 0.1) is 0 Å². The Kier molecular flexibility index (Phi) is 5.81. The number of methoxy groups -OCH3 is 1. The minimum atomic E-state index is -0.770. The van der Waals surface area contributed by atoms with E-state index in [9.17, 15) is 14.4 Å². The SMILES string of the molecule is COC(=O)C(C)NC(=O)C1c2ccccc2C(=O)N(c2ccccc2)C12CCCCC2. The molecule has 0 aromatic heterocycles. The summed E-state index contributed by atoms with van der Waals surface area (Å²) in [7, 11) is 1.30. The van der Waals surface area contributed by atoms with Gasteiger partial charge in [-0.25, -0.2) is 4.79 Å². The van der Waals surface area contributed by atoms with Crippen LogP contribution in [0.15, 0.2) is 54.6 Å². The van der Waals surface area contributed by atoms with E-state index in [0.717, 1.165) is 43.4 Å². The van der Waals surface area contributed by atoms with Crippen molar-refractivity contribution in [2.24, 2.45) is 0 Å². The lowest BCUT2D eigenvalue weighted by Crippen LogP contribution is -2.63. The molecular formula is C25H28N2O4. The van der Waals surface area contributed by atoms with Crippen molar-refractivity contribution in [1.29, 1.82) is 0 Å². The summed E-state index contributed by atoms with van der Waals surface area (Å²) in [5, 5.41) is 2.85. The van der Waals surface area contributed by atoms with E-state index < -0.39 is 23.5 Å². The third-order valence-electron chi connectivity index (χ3n) is 6.60. The zero-order valence-corrected chi connectivity index (χ0v) is 18.0. The summed E-state index contributed by atoms with van der Waals surface area (Å²) in [4.78, 5) is 41.3. The highest BCUT2D eigenvalue weighted by Gasteiger charge is 2.55. The van der Waals surface area contributed by atoms with Crippen LogP contribution in [0.25, 0.3) is 0 Å². The van der Waals surface area contributed by atoms with Gasteiger partial charge in [0.25, 0.3) is 5.91 Å². The number of carbonyl (C=O) groups excluding carboxylic acids is 3. The molecule has 0 saturated heterocycles. The number of ether oxygens (including phenoxy) is 1. The maximum Gasteiger partial charge on any atom is 0.328 e. The van der Waals surface area contributed by atoms with Crippen molar-refractivity contribution in [3.63, 3.8) is 0 Å². The van der Waals surface area contributed by atoms with Gasteiger partial charge >= 0.3 is 5.97 Å². The largest absolute Gasteiger partial charge is 0.467 e. The van der Waals surface area contributed by atoms with Gasteiger partial charge in [0, 0.05) is 11.3 Å². The Balaban J connectivity index is 1.87. The van der Waals surface area contributed by atoms with Crippen LogP contribution in [0.5, 0.6) is 0 Å². The van der Waals surface area contributed by atoms with Crippen LogP contribution in [-0.2, 0) is 14.3 Å². The number of fused-ring (bicyclic) bond motifs is 1. The Morgan fingerprint density at radius 1 is 1.03 bits per heavy atom. The fourth-order valence-corrected chi connectivity index (χ4v) is 5.23. The number of nitrogens with zero attached hydrogens (tertiary/aromatic N) is 1. The first-order valence-electron chi connectivity index (χ1n) is 10.9. The molecule has 2 unspecified atom stereocenters. The van der Waals surface area contributed by atoms with Gasteiger partial charge in [0.05, 0.1) is 18.6 Å². The summed E-state index contributed by atoms with van der Waals surface area (Å²) in [5.74, 6) is -1.39. The van der Waals surface area contributed by atoms with Crippen LogP contribution in [-0.4, -0.2) is 36.5 Å². The van der Waals surface area contributed by atoms with E-state index in [-0.39, 0.29) is 11.8 Å². The average molecular weight is 421 g/mol. The highest BCUT2D eigenvalue weighted by atomic mass is 16.5. The van der Waals surface area contributed by atoms with Crippen LogP contribution in [0.1, 0.15) is 60.9 Å². The monoisotopic (exact) mass is 420 g/mol. The highest BCUT2D eigenvalue weighted by molar-refractivity contribution is 6.12. The molecule has 2 aromatic carbocycles. The number of para-hydroxylation sites is 1. The van der Waals surface area contributed by atoms with Crippen LogP contribution in [0.2, 0.25) is 0 Å². The molecule has 1 spiro atoms. The van der Waals surface area contributed by atoms with Gasteiger partial charge in [0.15, 0.2) is 0 Å². The number of hydrogen-bond acceptors (Lipinski definition) is 4. The Morgan fingerprint density at radius 3 is 2.35 bits per heavy atom. The van der Waals surface area contributed by atoms with Gasteiger partial charge in [-0.1, -0.05) is 55.7 Å². The number of amides is 2. The molecule has 2 aliphatic rings. The summed E-state index contributed by atoms with van der Waals surface area (Å²) < 4.78 is 4.80. The van der Waals surface area contributed by atoms with E-state index >= 15 is 0 Å². The topological polar surface area (TPSA) is 75.7 Å². The molecular weight excluding hydrogens is 392 g/mol. The predicted octanol–water partition coefficient (Wildman–Crippen LogP) is 3.81. The third-order valence-corrected chi connectivity index (χ3v) is 6.60. The van der Waals surface area contributed by atoms with Crippen molar-refractivity contribution in [3.05, 3.63) is 65.7 Å². The maximum absolute atomic E-state index is 13.8. The van der Waals surface area contributed by atoms with E-state index in [1.807, 2.05) is 53.4 Å². The van der Waals surface area contributed by atoms with Crippen LogP contribution < -0.4 is 10.2 Å². The van der Waals surface area contributed by atoms with Crippen molar-refractivity contribution in [3.8, 4) is 0 Å². The molecule has 1 saturated carbocycles. The van der Waals surface area contributed by atoms with E-state index in [1.165, 1.54) is 7.11 Å². The number of anilines is 1. The van der Waals surface area contributed by atoms with Crippen molar-refractivity contribution >= 4 is 23.5 Å². The summed E-state index contributed by atoms with van der Waals surface area (Å²) in [6.45, 7) is 1.62. The lowest BCUT2D eigenvalue weighted by Gasteiger charge is -2.53. The van der Waals surface area contributed by atoms with Gasteiger partial charge in [-0.2, -0.15) is 0 Å². The number of hydrogen-bond donors (Lipinski definition) is 1. The number of nitrogens with one attached hydrogen (secondary N) is 1. The Morgan fingerprint density at radius 2 is 1.68 bits per heavy atom. The minimum absolute atomic E-state index is 0.0752. The summed E-state index contributed by atoms with van der Waals surface area (Å²) in [6.07, 6.45) is 4.41. The van der Waals surface area contributed by atoms with Crippen molar-refractivity contribution in [1.82, 2.24) is 5.32 Å². The van der Waals surface area contributed by atoms with E-state index in [2.05, 4.69) is 5.32 Å². The second-order valence-electron chi connectivity index (χ2n) is 8.41. The highest BCUT2D eigenvalue weighted by Crippen LogP contribution is 2.50. The Hall–Kier alpha value is -3.15. The third kappa shape index (κ3) is 3.60. The second-order valence-corrected chi connectivity index (χ2v) is 8.41. The van der Waals surface area contributed by atoms with Crippen molar-refractivity contribution in [2.75, 3.05) is 12.0 Å². The fourth-order valence-electron chi connectivity index (χ4n) is 5.23. The molecule has 31 heavy (non-hydrogen) atoms. The molecule has 4 rings (SSSR count). The molecule has 2 aromatic rings. The summed E-state index contributed by atoms with van der Waals surface area (Å²) in [5.41, 5.74) is 1.39. The number of carbonyl (C=O) groups is 3. The molecule has 0 bridgehead atoms. The summed E-state index contributed by atoms with van der Waals surface area (Å²) >= 11 is 0. The quantitative estimate of drug-likeness (QED) is 0.763. The predicted molar refractivity (Wildman–Crippen MR) is 118 cm³/mol. The Bertz CT molecular complexity index is 982. The zero-order chi connectivity index (χ0) is 22.0. The molecule has 1 aliphatic carbocycles. The molecule has 6 heteroatoms. The van der Waals surface area contributed by atoms with Crippen LogP contribution in [0.4, 0.5) is 5.69 Å². The molecule has 0 radical (unpaired) electrons. The molecule has 6 nitrogen and oxygen atoms in total. The van der Waals surface area contributed by atoms with Crippen molar-refractivity contribution < 1.29 is 19.1 Å². The van der Waals surface area contributed by atoms with Gasteiger partial charge in [0.1, 0.15) is 6.04 Å². The smallest absolute Gasteiger partial charge is 0.328 e. The van der Waals surface area contributed by atoms with Gasteiger partial charge in [-0.3, -0.25) is 9.59 Å². The standard InChI is InChI=1S/C25H28N2O4/c1-17(24(30)31-2)26-22(28)21-19-13-7-8-14-20(19)23(29)27(18-11-5-3-6-12-18)25(21)15-9-4-10-16-25/h3,5-8,11-14,17,21H,4,9-10,15-16H2,1-2H3,(H,26,28). The number of benzene rings is 2. The molecule has 2 amide bonds. The normalized spacial score (nSPS) is 20.6. The molecule has 2 atom stereocenters. The molecule has 1 N–H and O–H groups in total. The van der Waals surface area contributed by atoms with Crippen LogP contribution in [0.3, 0.4) is 0 Å². The first-order valence-corrected chi connectivity index (χ1v) is 10.9. The summed E-state index contributed by atoms with van der Waals surface area (Å²) in [6, 6.07) is 16.2. The zero-order valence-electron chi connectivity index (χ0n) is 18.0. The Labute approximate surface area is 182 Å². The minimum Gasteiger partial charge on any atom is -0.467 e. The van der Waals surface area contributed by atoms with E-state index in [0.29, 0.717) is 5.56 Å². The molecule has 162 valence electrons. The van der Waals surface area contributed by atoms with Gasteiger partial charge in [-0.15, -0.1) is 0 Å². The van der Waals surface area contributed by atoms with Gasteiger partial charge < -0.3 is 15.0 Å². The lowest BCUT2D eigenvalue weighted by atomic mass is 9.65. The number of esters is 1. The van der Waals surface area contributed by atoms with Gasteiger partial charge in [0.2, 0.25) is 5.91 Å². The van der Waals surface area contributed by atoms with E-state index in [1.54, 1.807) is 13.0 Å². The second kappa shape index (κ2) is 8.53. The van der Waals surface area contributed by atoms with Crippen molar-refractivity contribution in [2.45, 2.75) is 56.5 Å². The molecule has 1 fully saturated rings. The maximum atomic E-state index is 13.8. The molecule has 1 aliphatic heterocycles. The lowest BCUT2D eigenvalue weighted by molar-refractivity contribution is -0.145. The van der Waals surface area contributed by atoms with Gasteiger partial charge in [-0.05, 0) is 43.5 Å². The average Bonchev–Trinajstić information content (AvgIpc) is 2.80. The van der Waals surface area contributed by atoms with Crippen LogP contribution >= 0.6 is 0 Å². The first-order chi connectivity index (χ1) is 15.0. The fraction of sp³-hybridized carbons (Fsp3) is 0.400. The first kappa shape index (κ1) is 21.1.